The largest absolute Gasteiger partial charge is 0.478 e. The number of aromatic carboxylic acids is 1. The Hall–Kier alpha value is -2.37. The lowest BCUT2D eigenvalue weighted by molar-refractivity contribution is 0.0696. The molecular weight excluding hydrogens is 258 g/mol. The number of carbonyl (C=O) groups is 1. The molecule has 0 fully saturated rings. The van der Waals surface area contributed by atoms with E-state index in [2.05, 4.69) is 10.1 Å². The number of carboxylic acid groups (broad SMARTS) is 1. The highest BCUT2D eigenvalue weighted by Gasteiger charge is 2.22. The zero-order chi connectivity index (χ0) is 14.9. The molecule has 6 heteroatoms. The van der Waals surface area contributed by atoms with Crippen molar-refractivity contribution in [2.24, 2.45) is 0 Å². The van der Waals surface area contributed by atoms with E-state index in [1.54, 1.807) is 13.0 Å². The van der Waals surface area contributed by atoms with Crippen LogP contribution in [0.25, 0.3) is 11.5 Å². The molecule has 0 aliphatic rings. The van der Waals surface area contributed by atoms with Crippen molar-refractivity contribution in [2.45, 2.75) is 20.8 Å². The summed E-state index contributed by atoms with van der Waals surface area (Å²) in [6, 6.07) is 3.63. The molecule has 0 aliphatic heterocycles. The average molecular weight is 275 g/mol. The maximum absolute atomic E-state index is 11.5. The third-order valence-electron chi connectivity index (χ3n) is 3.28. The lowest BCUT2D eigenvalue weighted by atomic mass is 9.97. The van der Waals surface area contributed by atoms with Gasteiger partial charge >= 0.3 is 5.97 Å². The first-order valence-corrected chi connectivity index (χ1v) is 6.34. The topological polar surface area (TPSA) is 79.5 Å². The van der Waals surface area contributed by atoms with E-state index in [1.807, 2.05) is 31.9 Å². The third-order valence-corrected chi connectivity index (χ3v) is 3.28. The van der Waals surface area contributed by atoms with Gasteiger partial charge in [-0.1, -0.05) is 12.1 Å². The Labute approximate surface area is 117 Å². The number of benzene rings is 1. The van der Waals surface area contributed by atoms with Crippen molar-refractivity contribution in [3.05, 3.63) is 28.8 Å². The van der Waals surface area contributed by atoms with Crippen LogP contribution in [0.3, 0.4) is 0 Å². The second kappa shape index (κ2) is 5.32. The van der Waals surface area contributed by atoms with Crippen molar-refractivity contribution in [2.75, 3.05) is 18.5 Å². The fourth-order valence-electron chi connectivity index (χ4n) is 1.98. The van der Waals surface area contributed by atoms with Crippen molar-refractivity contribution in [1.82, 2.24) is 10.1 Å². The molecule has 2 aromatic rings. The van der Waals surface area contributed by atoms with Gasteiger partial charge in [0.1, 0.15) is 0 Å². The van der Waals surface area contributed by atoms with Gasteiger partial charge in [-0.05, 0) is 37.1 Å². The highest BCUT2D eigenvalue weighted by atomic mass is 16.5. The summed E-state index contributed by atoms with van der Waals surface area (Å²) in [4.78, 5) is 17.6. The van der Waals surface area contributed by atoms with Gasteiger partial charge in [0.2, 0.25) is 0 Å². The van der Waals surface area contributed by atoms with E-state index in [1.165, 1.54) is 0 Å². The second-order valence-corrected chi connectivity index (χ2v) is 4.67. The van der Waals surface area contributed by atoms with Crippen molar-refractivity contribution in [3.8, 4) is 11.5 Å². The number of anilines is 1. The number of carboxylic acids is 1. The number of nitrogens with zero attached hydrogens (tertiary/aromatic N) is 3. The van der Waals surface area contributed by atoms with E-state index in [-0.39, 0.29) is 11.5 Å². The van der Waals surface area contributed by atoms with Crippen LogP contribution >= 0.6 is 0 Å². The monoisotopic (exact) mass is 275 g/mol. The molecule has 0 amide bonds. The minimum absolute atomic E-state index is 0.208. The van der Waals surface area contributed by atoms with Crippen LogP contribution in [0.2, 0.25) is 0 Å². The maximum Gasteiger partial charge on any atom is 0.336 e. The predicted molar refractivity (Wildman–Crippen MR) is 75.1 cm³/mol. The van der Waals surface area contributed by atoms with Gasteiger partial charge in [0, 0.05) is 13.6 Å². The molecule has 0 saturated carbocycles. The van der Waals surface area contributed by atoms with Crippen LogP contribution in [0.1, 0.15) is 28.4 Å². The van der Waals surface area contributed by atoms with Crippen molar-refractivity contribution >= 4 is 11.9 Å². The van der Waals surface area contributed by atoms with Gasteiger partial charge < -0.3 is 14.5 Å². The van der Waals surface area contributed by atoms with E-state index in [0.29, 0.717) is 17.1 Å². The van der Waals surface area contributed by atoms with Gasteiger partial charge in [-0.25, -0.2) is 4.79 Å². The molecular formula is C14H17N3O3. The minimum Gasteiger partial charge on any atom is -0.478 e. The summed E-state index contributed by atoms with van der Waals surface area (Å²) in [7, 11) is 1.84. The summed E-state index contributed by atoms with van der Waals surface area (Å²) in [5, 5.41) is 13.3. The van der Waals surface area contributed by atoms with Crippen molar-refractivity contribution in [3.63, 3.8) is 0 Å². The average Bonchev–Trinajstić information content (AvgIpc) is 2.89. The SMILES string of the molecule is CCN(C)c1noc(-c2c(C)ccc(C)c2C(=O)O)n1. The molecule has 6 nitrogen and oxygen atoms in total. The Balaban J connectivity index is 2.60. The molecule has 20 heavy (non-hydrogen) atoms. The van der Waals surface area contributed by atoms with Crippen LogP contribution in [0, 0.1) is 13.8 Å². The van der Waals surface area contributed by atoms with E-state index in [4.69, 9.17) is 4.52 Å². The molecule has 0 unspecified atom stereocenters. The first-order valence-electron chi connectivity index (χ1n) is 6.34. The zero-order valence-corrected chi connectivity index (χ0v) is 12.0. The van der Waals surface area contributed by atoms with Crippen LogP contribution in [0.15, 0.2) is 16.7 Å². The summed E-state index contributed by atoms with van der Waals surface area (Å²) in [5.74, 6) is -0.316. The summed E-state index contributed by atoms with van der Waals surface area (Å²) >= 11 is 0. The molecule has 2 rings (SSSR count). The van der Waals surface area contributed by atoms with Crippen molar-refractivity contribution < 1.29 is 14.4 Å². The van der Waals surface area contributed by atoms with Gasteiger partial charge in [-0.3, -0.25) is 0 Å². The molecule has 106 valence electrons. The van der Waals surface area contributed by atoms with Crippen LogP contribution < -0.4 is 4.90 Å². The van der Waals surface area contributed by atoms with E-state index >= 15 is 0 Å². The number of rotatable bonds is 4. The van der Waals surface area contributed by atoms with Crippen LogP contribution in [0.5, 0.6) is 0 Å². The predicted octanol–water partition coefficient (Wildman–Crippen LogP) is 2.51. The minimum atomic E-state index is -0.996. The molecule has 1 N–H and O–H groups in total. The van der Waals surface area contributed by atoms with Crippen LogP contribution in [-0.4, -0.2) is 34.8 Å². The van der Waals surface area contributed by atoms with Gasteiger partial charge in [-0.15, -0.1) is 0 Å². The first kappa shape index (κ1) is 14.0. The molecule has 1 heterocycles. The molecule has 0 saturated heterocycles. The molecule has 0 aliphatic carbocycles. The van der Waals surface area contributed by atoms with Gasteiger partial charge in [0.05, 0.1) is 11.1 Å². The summed E-state index contributed by atoms with van der Waals surface area (Å²) in [5.41, 5.74) is 2.16. The number of aryl methyl sites for hydroxylation is 2. The first-order chi connectivity index (χ1) is 9.45. The lowest BCUT2D eigenvalue weighted by Crippen LogP contribution is -2.17. The van der Waals surface area contributed by atoms with Crippen molar-refractivity contribution in [1.29, 1.82) is 0 Å². The standard InChI is InChI=1S/C14H17N3O3/c1-5-17(4)14-15-12(20-16-14)10-8(2)6-7-9(3)11(10)13(18)19/h6-7H,5H2,1-4H3,(H,18,19). The zero-order valence-electron chi connectivity index (χ0n) is 12.0. The molecule has 1 aromatic carbocycles. The van der Waals surface area contributed by atoms with Crippen LogP contribution in [0.4, 0.5) is 5.95 Å². The second-order valence-electron chi connectivity index (χ2n) is 4.67. The number of hydrogen-bond acceptors (Lipinski definition) is 5. The number of aromatic nitrogens is 2. The number of hydrogen-bond donors (Lipinski definition) is 1. The Kier molecular flexibility index (Phi) is 3.74. The molecule has 0 bridgehead atoms. The molecule has 0 radical (unpaired) electrons. The molecule has 0 spiro atoms. The Bertz CT molecular complexity index is 649. The summed E-state index contributed by atoms with van der Waals surface area (Å²) in [6.45, 7) is 6.28. The highest BCUT2D eigenvalue weighted by molar-refractivity contribution is 5.97. The van der Waals surface area contributed by atoms with Gasteiger partial charge in [-0.2, -0.15) is 4.98 Å². The normalized spacial score (nSPS) is 10.6. The van der Waals surface area contributed by atoms with Crippen LogP contribution in [-0.2, 0) is 0 Å². The fraction of sp³-hybridized carbons (Fsp3) is 0.357. The Morgan fingerprint density at radius 1 is 1.35 bits per heavy atom. The van der Waals surface area contributed by atoms with E-state index < -0.39 is 5.97 Å². The molecule has 0 atom stereocenters. The summed E-state index contributed by atoms with van der Waals surface area (Å²) < 4.78 is 5.23. The third kappa shape index (κ3) is 2.36. The van der Waals surface area contributed by atoms with E-state index in [9.17, 15) is 9.90 Å². The fourth-order valence-corrected chi connectivity index (χ4v) is 1.98. The smallest absolute Gasteiger partial charge is 0.336 e. The quantitative estimate of drug-likeness (QED) is 0.923. The lowest BCUT2D eigenvalue weighted by Gasteiger charge is -2.10. The van der Waals surface area contributed by atoms with Gasteiger partial charge in [0.25, 0.3) is 11.8 Å². The maximum atomic E-state index is 11.5. The van der Waals surface area contributed by atoms with E-state index in [0.717, 1.165) is 12.1 Å². The Morgan fingerprint density at radius 2 is 2.00 bits per heavy atom. The molecule has 1 aromatic heterocycles. The Morgan fingerprint density at radius 3 is 2.60 bits per heavy atom. The van der Waals surface area contributed by atoms with Gasteiger partial charge in [0.15, 0.2) is 0 Å². The highest BCUT2D eigenvalue weighted by Crippen LogP contribution is 2.29. The summed E-state index contributed by atoms with van der Waals surface area (Å²) in [6.07, 6.45) is 0.